The van der Waals surface area contributed by atoms with Gasteiger partial charge in [0.15, 0.2) is 0 Å². The van der Waals surface area contributed by atoms with Gasteiger partial charge in [0.1, 0.15) is 10.5 Å². The number of hydrogen-bond acceptors (Lipinski definition) is 3. The first-order valence-electron chi connectivity index (χ1n) is 7.99. The fraction of sp³-hybridized carbons (Fsp3) is 0.333. The van der Waals surface area contributed by atoms with Crippen molar-refractivity contribution in [2.24, 2.45) is 0 Å². The predicted octanol–water partition coefficient (Wildman–Crippen LogP) is 3.71. The highest BCUT2D eigenvalue weighted by Gasteiger charge is 2.45. The molecule has 0 unspecified atom stereocenters. The zero-order valence-corrected chi connectivity index (χ0v) is 16.2. The van der Waals surface area contributed by atoms with Crippen molar-refractivity contribution in [1.29, 1.82) is 0 Å². The smallest absolute Gasteiger partial charge is 0.243 e. The molecule has 0 aliphatic carbocycles. The van der Waals surface area contributed by atoms with E-state index in [-0.39, 0.29) is 18.0 Å². The Hall–Kier alpha value is -1.11. The van der Waals surface area contributed by atoms with Crippen LogP contribution in [0.5, 0.6) is 0 Å². The van der Waals surface area contributed by atoms with E-state index < -0.39 is 20.5 Å². The Morgan fingerprint density at radius 2 is 1.64 bits per heavy atom. The van der Waals surface area contributed by atoms with Gasteiger partial charge in [-0.05, 0) is 24.6 Å². The number of sulfonamides is 1. The number of benzene rings is 2. The van der Waals surface area contributed by atoms with Crippen LogP contribution in [0.4, 0.5) is 0 Å². The molecular weight excluding hydrogens is 379 g/mol. The Labute approximate surface area is 159 Å². The number of hydrogen-bond donors (Lipinski definition) is 0. The molecule has 0 saturated carbocycles. The van der Waals surface area contributed by atoms with Gasteiger partial charge in [-0.15, -0.1) is 23.2 Å². The summed E-state index contributed by atoms with van der Waals surface area (Å²) in [4.78, 5) is 1.29. The molecule has 2 atom stereocenters. The summed E-state index contributed by atoms with van der Waals surface area (Å²) in [7, 11) is -3.62. The third-order valence-electron chi connectivity index (χ3n) is 4.33. The van der Waals surface area contributed by atoms with Crippen LogP contribution in [0.1, 0.15) is 12.5 Å². The lowest BCUT2D eigenvalue weighted by molar-refractivity contribution is 0.0728. The topological polar surface area (TPSA) is 40.6 Å². The van der Waals surface area contributed by atoms with Crippen molar-refractivity contribution in [1.82, 2.24) is 9.21 Å². The second-order valence-electron chi connectivity index (χ2n) is 6.30. The van der Waals surface area contributed by atoms with E-state index in [1.54, 1.807) is 37.3 Å². The Morgan fingerprint density at radius 1 is 1.08 bits per heavy atom. The molecule has 25 heavy (non-hydrogen) atoms. The fourth-order valence-corrected chi connectivity index (χ4v) is 5.54. The lowest BCUT2D eigenvalue weighted by Crippen LogP contribution is -2.61. The molecule has 4 nitrogen and oxygen atoms in total. The maximum Gasteiger partial charge on any atom is 0.243 e. The van der Waals surface area contributed by atoms with Gasteiger partial charge in [0, 0.05) is 19.6 Å². The largest absolute Gasteiger partial charge is 0.262 e. The molecule has 2 aromatic carbocycles. The van der Waals surface area contributed by atoms with Gasteiger partial charge in [0.25, 0.3) is 0 Å². The first kappa shape index (κ1) is 18.7. The van der Waals surface area contributed by atoms with E-state index in [0.29, 0.717) is 6.54 Å². The van der Waals surface area contributed by atoms with E-state index in [9.17, 15) is 8.42 Å². The molecule has 1 aliphatic heterocycles. The van der Waals surface area contributed by atoms with E-state index >= 15 is 0 Å². The quantitative estimate of drug-likeness (QED) is 0.581. The normalized spacial score (nSPS) is 25.8. The van der Waals surface area contributed by atoms with Crippen molar-refractivity contribution in [2.75, 3.05) is 13.1 Å². The summed E-state index contributed by atoms with van der Waals surface area (Å²) in [6, 6.07) is 18.2. The molecule has 0 radical (unpaired) electrons. The molecule has 7 heteroatoms. The Balaban J connectivity index is 1.83. The molecule has 1 fully saturated rings. The summed E-state index contributed by atoms with van der Waals surface area (Å²) in [5.41, 5.74) is 0.564. The molecule has 2 aromatic rings. The van der Waals surface area contributed by atoms with Crippen molar-refractivity contribution < 1.29 is 8.42 Å². The number of rotatable bonds is 4. The molecule has 0 N–H and O–H groups in total. The van der Waals surface area contributed by atoms with Crippen LogP contribution in [-0.4, -0.2) is 41.2 Å². The van der Waals surface area contributed by atoms with Gasteiger partial charge >= 0.3 is 0 Å². The second-order valence-corrected chi connectivity index (χ2v) is 9.56. The zero-order valence-electron chi connectivity index (χ0n) is 13.8. The second kappa shape index (κ2) is 7.25. The van der Waals surface area contributed by atoms with E-state index in [4.69, 9.17) is 23.2 Å². The predicted molar refractivity (Wildman–Crippen MR) is 101 cm³/mol. The molecule has 1 aliphatic rings. The summed E-state index contributed by atoms with van der Waals surface area (Å²) in [5.74, 6) is 0. The maximum absolute atomic E-state index is 12.9. The highest BCUT2D eigenvalue weighted by Crippen LogP contribution is 2.35. The van der Waals surface area contributed by atoms with Crippen molar-refractivity contribution in [2.45, 2.75) is 28.9 Å². The average molecular weight is 399 g/mol. The van der Waals surface area contributed by atoms with Crippen LogP contribution in [-0.2, 0) is 16.6 Å². The summed E-state index contributed by atoms with van der Waals surface area (Å²) in [6.45, 7) is 2.73. The van der Waals surface area contributed by atoms with Gasteiger partial charge in [-0.3, -0.25) is 4.90 Å². The van der Waals surface area contributed by atoms with Crippen LogP contribution in [0.15, 0.2) is 65.6 Å². The number of piperazine rings is 1. The summed E-state index contributed by atoms with van der Waals surface area (Å²) in [6.07, 6.45) is 0. The number of nitrogens with zero attached hydrogens (tertiary/aromatic N) is 2. The van der Waals surface area contributed by atoms with E-state index in [1.165, 1.54) is 4.31 Å². The third kappa shape index (κ3) is 4.01. The van der Waals surface area contributed by atoms with E-state index in [1.807, 2.05) is 35.2 Å². The highest BCUT2D eigenvalue weighted by atomic mass is 35.5. The van der Waals surface area contributed by atoms with Crippen LogP contribution in [0, 0.1) is 0 Å². The fourth-order valence-electron chi connectivity index (χ4n) is 3.00. The summed E-state index contributed by atoms with van der Waals surface area (Å²) >= 11 is 13.2. The molecule has 1 heterocycles. The van der Waals surface area contributed by atoms with Crippen molar-refractivity contribution in [3.05, 3.63) is 66.2 Å². The van der Waals surface area contributed by atoms with Gasteiger partial charge in [0.2, 0.25) is 10.0 Å². The minimum atomic E-state index is -3.62. The van der Waals surface area contributed by atoms with Gasteiger partial charge in [0.05, 0.1) is 4.90 Å². The summed E-state index contributed by atoms with van der Waals surface area (Å²) in [5, 5.41) is 0. The zero-order chi connectivity index (χ0) is 18.1. The van der Waals surface area contributed by atoms with Crippen LogP contribution < -0.4 is 0 Å². The number of alkyl halides is 2. The van der Waals surface area contributed by atoms with Crippen LogP contribution in [0.2, 0.25) is 0 Å². The molecular formula is C18H20Cl2N2O2S. The summed E-state index contributed by atoms with van der Waals surface area (Å²) < 4.78 is 27.1. The molecule has 0 bridgehead atoms. The first-order chi connectivity index (χ1) is 11.8. The minimum Gasteiger partial charge on any atom is -0.262 e. The van der Waals surface area contributed by atoms with Gasteiger partial charge in [-0.25, -0.2) is 8.42 Å². The van der Waals surface area contributed by atoms with E-state index in [0.717, 1.165) is 5.56 Å². The lowest BCUT2D eigenvalue weighted by atomic mass is 10.1. The Bertz CT molecular complexity index is 813. The van der Waals surface area contributed by atoms with E-state index in [2.05, 4.69) is 0 Å². The monoisotopic (exact) mass is 398 g/mol. The van der Waals surface area contributed by atoms with Crippen LogP contribution in [0.25, 0.3) is 0 Å². The van der Waals surface area contributed by atoms with Crippen molar-refractivity contribution in [3.8, 4) is 0 Å². The third-order valence-corrected chi connectivity index (χ3v) is 6.87. The maximum atomic E-state index is 12.9. The average Bonchev–Trinajstić information content (AvgIpc) is 2.59. The molecule has 3 rings (SSSR count). The number of halogens is 2. The van der Waals surface area contributed by atoms with Gasteiger partial charge in [-0.1, -0.05) is 48.5 Å². The molecule has 1 saturated heterocycles. The van der Waals surface area contributed by atoms with Gasteiger partial charge < -0.3 is 0 Å². The van der Waals surface area contributed by atoms with Gasteiger partial charge in [-0.2, -0.15) is 4.31 Å². The standard InChI is InChI=1S/C18H20Cl2N2O2S/c1-18(20)14-21(25(23,24)16-10-6-3-7-11-16)13-17(19)22(18)12-15-8-4-2-5-9-15/h2-11,17H,12-14H2,1H3/t17-,18+/m1/s1. The minimum absolute atomic E-state index is 0.168. The van der Waals surface area contributed by atoms with Crippen LogP contribution >= 0.6 is 23.2 Å². The van der Waals surface area contributed by atoms with Crippen molar-refractivity contribution >= 4 is 33.2 Å². The van der Waals surface area contributed by atoms with Crippen LogP contribution in [0.3, 0.4) is 0 Å². The first-order valence-corrected chi connectivity index (χ1v) is 10.2. The highest BCUT2D eigenvalue weighted by molar-refractivity contribution is 7.89. The molecule has 134 valence electrons. The van der Waals surface area contributed by atoms with Crippen molar-refractivity contribution in [3.63, 3.8) is 0 Å². The molecule has 0 spiro atoms. The Morgan fingerprint density at radius 3 is 2.20 bits per heavy atom. The SMILES string of the molecule is C[C@@]1(Cl)CN(S(=O)(=O)c2ccccc2)C[C@H](Cl)N1Cc1ccccc1. The molecule has 0 amide bonds. The molecule has 0 aromatic heterocycles. The lowest BCUT2D eigenvalue weighted by Gasteiger charge is -2.47. The Kier molecular flexibility index (Phi) is 5.42.